The van der Waals surface area contributed by atoms with Gasteiger partial charge in [0.05, 0.1) is 16.4 Å². The first kappa shape index (κ1) is 10.2. The maximum absolute atomic E-state index is 6.21. The van der Waals surface area contributed by atoms with Crippen molar-refractivity contribution in [1.29, 1.82) is 0 Å². The number of aromatic nitrogens is 2. The van der Waals surface area contributed by atoms with Crippen molar-refractivity contribution in [3.8, 4) is 5.69 Å². The number of hydrogen-bond acceptors (Lipinski definition) is 2. The van der Waals surface area contributed by atoms with Crippen molar-refractivity contribution >= 4 is 11.6 Å². The topological polar surface area (TPSA) is 43.8 Å². The molecule has 15 heavy (non-hydrogen) atoms. The van der Waals surface area contributed by atoms with Gasteiger partial charge in [-0.3, -0.25) is 0 Å². The fourth-order valence-corrected chi connectivity index (χ4v) is 1.70. The Labute approximate surface area is 93.5 Å². The van der Waals surface area contributed by atoms with E-state index in [0.29, 0.717) is 6.54 Å². The molecule has 78 valence electrons. The third-order valence-electron chi connectivity index (χ3n) is 2.33. The second-order valence-corrected chi connectivity index (χ2v) is 3.72. The molecule has 2 aromatic rings. The maximum atomic E-state index is 6.21. The molecule has 0 amide bonds. The summed E-state index contributed by atoms with van der Waals surface area (Å²) in [6.07, 6.45) is 1.72. The van der Waals surface area contributed by atoms with Crippen LogP contribution in [0.15, 0.2) is 30.5 Å². The van der Waals surface area contributed by atoms with Crippen molar-refractivity contribution in [2.75, 3.05) is 0 Å². The normalized spacial score (nSPS) is 10.6. The highest BCUT2D eigenvalue weighted by molar-refractivity contribution is 6.33. The predicted octanol–water partition coefficient (Wildman–Crippen LogP) is 2.29. The van der Waals surface area contributed by atoms with Crippen LogP contribution in [0.4, 0.5) is 0 Å². The molecule has 2 N–H and O–H groups in total. The Morgan fingerprint density at radius 1 is 1.40 bits per heavy atom. The Hall–Kier alpha value is -1.32. The quantitative estimate of drug-likeness (QED) is 0.846. The Morgan fingerprint density at radius 2 is 2.20 bits per heavy atom. The van der Waals surface area contributed by atoms with Crippen LogP contribution in [0.5, 0.6) is 0 Å². The minimum atomic E-state index is 0.449. The molecule has 0 radical (unpaired) electrons. The van der Waals surface area contributed by atoms with Gasteiger partial charge < -0.3 is 5.73 Å². The highest BCUT2D eigenvalue weighted by atomic mass is 35.5. The molecule has 4 heteroatoms. The molecule has 0 aliphatic heterocycles. The zero-order chi connectivity index (χ0) is 10.8. The molecule has 0 saturated carbocycles. The molecule has 1 aromatic heterocycles. The smallest absolute Gasteiger partial charge is 0.0838 e. The Kier molecular flexibility index (Phi) is 2.75. The molecular weight excluding hydrogens is 210 g/mol. The number of hydrogen-bond donors (Lipinski definition) is 1. The lowest BCUT2D eigenvalue weighted by Crippen LogP contribution is -2.07. The van der Waals surface area contributed by atoms with Crippen molar-refractivity contribution in [3.63, 3.8) is 0 Å². The summed E-state index contributed by atoms with van der Waals surface area (Å²) in [5.41, 5.74) is 8.48. The summed E-state index contributed by atoms with van der Waals surface area (Å²) in [6.45, 7) is 2.42. The fourth-order valence-electron chi connectivity index (χ4n) is 1.50. The van der Waals surface area contributed by atoms with E-state index in [-0.39, 0.29) is 0 Å². The minimum absolute atomic E-state index is 0.449. The van der Waals surface area contributed by atoms with Gasteiger partial charge in [0, 0.05) is 12.7 Å². The second kappa shape index (κ2) is 4.04. The van der Waals surface area contributed by atoms with Gasteiger partial charge in [0.2, 0.25) is 0 Å². The Bertz CT molecular complexity index is 476. The fraction of sp³-hybridized carbons (Fsp3) is 0.182. The summed E-state index contributed by atoms with van der Waals surface area (Å²) in [6, 6.07) is 7.75. The van der Waals surface area contributed by atoms with E-state index < -0.39 is 0 Å². The third kappa shape index (κ3) is 1.76. The first-order chi connectivity index (χ1) is 7.24. The van der Waals surface area contributed by atoms with Gasteiger partial charge in [-0.25, -0.2) is 4.68 Å². The number of rotatable bonds is 2. The van der Waals surface area contributed by atoms with Gasteiger partial charge >= 0.3 is 0 Å². The number of nitrogens with zero attached hydrogens (tertiary/aromatic N) is 2. The Balaban J connectivity index is 2.59. The largest absolute Gasteiger partial charge is 0.325 e. The summed E-state index contributed by atoms with van der Waals surface area (Å²) in [5, 5.41) is 4.93. The van der Waals surface area contributed by atoms with Gasteiger partial charge in [-0.05, 0) is 24.6 Å². The van der Waals surface area contributed by atoms with Gasteiger partial charge in [-0.15, -0.1) is 0 Å². The van der Waals surface area contributed by atoms with Gasteiger partial charge in [0.25, 0.3) is 0 Å². The summed E-state index contributed by atoms with van der Waals surface area (Å²) in [4.78, 5) is 0. The molecule has 0 unspecified atom stereocenters. The molecule has 0 saturated heterocycles. The van der Waals surface area contributed by atoms with Crippen molar-refractivity contribution in [3.05, 3.63) is 46.7 Å². The van der Waals surface area contributed by atoms with Crippen LogP contribution in [0.25, 0.3) is 5.69 Å². The highest BCUT2D eigenvalue weighted by Crippen LogP contribution is 2.24. The monoisotopic (exact) mass is 221 g/mol. The molecule has 1 heterocycles. The van der Waals surface area contributed by atoms with Gasteiger partial charge in [0.1, 0.15) is 0 Å². The van der Waals surface area contributed by atoms with Crippen LogP contribution in [0.2, 0.25) is 5.02 Å². The van der Waals surface area contributed by atoms with Crippen LogP contribution in [0.3, 0.4) is 0 Å². The molecule has 0 aliphatic rings. The van der Waals surface area contributed by atoms with E-state index in [1.807, 2.05) is 31.2 Å². The van der Waals surface area contributed by atoms with E-state index in [2.05, 4.69) is 5.10 Å². The number of nitrogens with two attached hydrogens (primary N) is 1. The summed E-state index contributed by atoms with van der Waals surface area (Å²) < 4.78 is 1.77. The van der Waals surface area contributed by atoms with Crippen LogP contribution < -0.4 is 5.73 Å². The maximum Gasteiger partial charge on any atom is 0.0838 e. The van der Waals surface area contributed by atoms with E-state index in [4.69, 9.17) is 17.3 Å². The van der Waals surface area contributed by atoms with Gasteiger partial charge in [0.15, 0.2) is 0 Å². The van der Waals surface area contributed by atoms with Crippen molar-refractivity contribution < 1.29 is 0 Å². The summed E-state index contributed by atoms with van der Waals surface area (Å²) in [7, 11) is 0. The molecule has 0 atom stereocenters. The number of halogens is 1. The lowest BCUT2D eigenvalue weighted by atomic mass is 10.2. The molecule has 1 aromatic carbocycles. The van der Waals surface area contributed by atoms with E-state index in [9.17, 15) is 0 Å². The zero-order valence-corrected chi connectivity index (χ0v) is 9.20. The van der Waals surface area contributed by atoms with Crippen LogP contribution in [0, 0.1) is 6.92 Å². The van der Waals surface area contributed by atoms with Crippen molar-refractivity contribution in [2.24, 2.45) is 5.73 Å². The molecular formula is C11H12ClN3. The van der Waals surface area contributed by atoms with Crippen LogP contribution >= 0.6 is 11.6 Å². The second-order valence-electron chi connectivity index (χ2n) is 3.35. The minimum Gasteiger partial charge on any atom is -0.325 e. The molecule has 3 nitrogen and oxygen atoms in total. The van der Waals surface area contributed by atoms with Gasteiger partial charge in [-0.1, -0.05) is 23.7 Å². The number of aryl methyl sites for hydroxylation is 1. The van der Waals surface area contributed by atoms with Gasteiger partial charge in [-0.2, -0.15) is 5.10 Å². The molecule has 0 aliphatic carbocycles. The average Bonchev–Trinajstić information content (AvgIpc) is 2.70. The average molecular weight is 222 g/mol. The summed E-state index contributed by atoms with van der Waals surface area (Å²) >= 11 is 6.21. The van der Waals surface area contributed by atoms with Crippen LogP contribution in [0.1, 0.15) is 11.3 Å². The van der Waals surface area contributed by atoms with E-state index in [0.717, 1.165) is 22.0 Å². The molecule has 0 spiro atoms. The third-order valence-corrected chi connectivity index (χ3v) is 2.82. The first-order valence-corrected chi connectivity index (χ1v) is 5.10. The molecule has 2 rings (SSSR count). The molecule has 0 fully saturated rings. The molecule has 0 bridgehead atoms. The number of benzene rings is 1. The van der Waals surface area contributed by atoms with E-state index in [1.165, 1.54) is 0 Å². The lowest BCUT2D eigenvalue weighted by Gasteiger charge is -2.09. The standard InChI is InChI=1S/C11H12ClN3/c1-8-3-2-4-10(11(8)12)15-9(7-13)5-6-14-15/h2-6H,7,13H2,1H3. The van der Waals surface area contributed by atoms with E-state index >= 15 is 0 Å². The van der Waals surface area contributed by atoms with Crippen LogP contribution in [-0.4, -0.2) is 9.78 Å². The first-order valence-electron chi connectivity index (χ1n) is 4.72. The van der Waals surface area contributed by atoms with E-state index in [1.54, 1.807) is 10.9 Å². The summed E-state index contributed by atoms with van der Waals surface area (Å²) in [5.74, 6) is 0. The lowest BCUT2D eigenvalue weighted by molar-refractivity contribution is 0.803. The SMILES string of the molecule is Cc1cccc(-n2nccc2CN)c1Cl. The van der Waals surface area contributed by atoms with Crippen LogP contribution in [-0.2, 0) is 6.54 Å². The highest BCUT2D eigenvalue weighted by Gasteiger charge is 2.08. The predicted molar refractivity (Wildman–Crippen MR) is 61.2 cm³/mol. The van der Waals surface area contributed by atoms with Crippen molar-refractivity contribution in [1.82, 2.24) is 9.78 Å². The Morgan fingerprint density at radius 3 is 2.93 bits per heavy atom. The zero-order valence-electron chi connectivity index (χ0n) is 8.44. The van der Waals surface area contributed by atoms with Crippen molar-refractivity contribution in [2.45, 2.75) is 13.5 Å².